The second kappa shape index (κ2) is 9.51. The van der Waals surface area contributed by atoms with Crippen molar-refractivity contribution >= 4 is 0 Å². The van der Waals surface area contributed by atoms with Gasteiger partial charge in [0.1, 0.15) is 24.3 Å². The van der Waals surface area contributed by atoms with E-state index in [0.717, 1.165) is 9.13 Å². The zero-order valence-corrected chi connectivity index (χ0v) is 22.3. The zero-order chi connectivity index (χ0) is 29.4. The number of hydrogen-bond donors (Lipinski definition) is 4. The Morgan fingerprint density at radius 3 is 1.52 bits per heavy atom. The number of aromatic amines is 2. The SMILES string of the molecule is Cc1cn([C@@H]2O[C@@H]3Cc4cn(nn4)[C@H]4[C@@H](O)[C@H](n5cc(C)c(=O)[nH]c5=O)O[C@@H]4Cc4cn(nn4)[C@H]3[C@H]2O)c(=O)[nH]c1=O. The minimum absolute atomic E-state index is 0.140. The largest absolute Gasteiger partial charge is 0.386 e. The third-order valence-corrected chi connectivity index (χ3v) is 8.06. The van der Waals surface area contributed by atoms with Crippen molar-refractivity contribution in [1.82, 2.24) is 49.1 Å². The zero-order valence-electron chi connectivity index (χ0n) is 22.3. The van der Waals surface area contributed by atoms with E-state index >= 15 is 0 Å². The molecule has 0 saturated carbocycles. The topological polar surface area (TPSA) is 230 Å². The quantitative estimate of drug-likeness (QED) is 0.185. The van der Waals surface area contributed by atoms with Crippen LogP contribution in [0.1, 0.15) is 47.1 Å². The van der Waals surface area contributed by atoms with Gasteiger partial charge in [-0.05, 0) is 13.8 Å². The van der Waals surface area contributed by atoms with Crippen molar-refractivity contribution in [1.29, 1.82) is 0 Å². The molecular formula is C24H26N10O8. The van der Waals surface area contributed by atoms with E-state index in [4.69, 9.17) is 9.47 Å². The van der Waals surface area contributed by atoms with Crippen LogP contribution in [0.3, 0.4) is 0 Å². The van der Waals surface area contributed by atoms with E-state index in [1.165, 1.54) is 35.6 Å². The average Bonchev–Trinajstić information content (AvgIpc) is 3.71. The fourth-order valence-electron chi connectivity index (χ4n) is 5.98. The first kappa shape index (κ1) is 26.4. The molecule has 4 N–H and O–H groups in total. The molecule has 3 aliphatic heterocycles. The highest BCUT2D eigenvalue weighted by Crippen LogP contribution is 2.41. The number of ether oxygens (including phenoxy) is 2. The summed E-state index contributed by atoms with van der Waals surface area (Å²) in [5, 5.41) is 39.7. The number of nitrogens with zero attached hydrogens (tertiary/aromatic N) is 8. The van der Waals surface area contributed by atoms with Gasteiger partial charge in [0, 0.05) is 48.8 Å². The summed E-state index contributed by atoms with van der Waals surface area (Å²) in [4.78, 5) is 53.5. The van der Waals surface area contributed by atoms with Crippen molar-refractivity contribution in [2.75, 3.05) is 0 Å². The molecule has 7 rings (SSSR count). The summed E-state index contributed by atoms with van der Waals surface area (Å²) in [7, 11) is 0. The number of hydrogen-bond acceptors (Lipinski definition) is 12. The van der Waals surface area contributed by atoms with E-state index in [-0.39, 0.29) is 24.0 Å². The monoisotopic (exact) mass is 582 g/mol. The Bertz CT molecular complexity index is 1780. The summed E-state index contributed by atoms with van der Waals surface area (Å²) in [6, 6.07) is -1.58. The molecule has 2 saturated heterocycles. The standard InChI is InChI=1S/C24H26N10O8/c1-9-5-31(23(39)25-19(9)37)21-17(35)15-13(41-21)3-11-8-34(30-27-11)16-14(4-12-7-33(15)29-28-12)42-22(18(16)36)32-6-10(2)20(38)26-24(32)40/h5-8,13-18,21-22,35-36H,3-4H2,1-2H3,(H,25,37,39)(H,26,38,40)/t13-,14-,15-,16-,17-,18-,21-,22-/m1/s1. The number of aromatic nitrogens is 10. The lowest BCUT2D eigenvalue weighted by atomic mass is 10.0. The van der Waals surface area contributed by atoms with Crippen LogP contribution in [0.2, 0.25) is 0 Å². The normalized spacial score (nSPS) is 30.4. The van der Waals surface area contributed by atoms with Gasteiger partial charge in [-0.2, -0.15) is 0 Å². The first-order chi connectivity index (χ1) is 20.1. The molecule has 0 aromatic carbocycles. The fraction of sp³-hybridized carbons (Fsp3) is 0.500. The molecule has 42 heavy (non-hydrogen) atoms. The Hall–Kier alpha value is -4.52. The Morgan fingerprint density at radius 2 is 1.12 bits per heavy atom. The smallest absolute Gasteiger partial charge is 0.330 e. The summed E-state index contributed by atoms with van der Waals surface area (Å²) in [5.74, 6) is 0. The van der Waals surface area contributed by atoms with Crippen LogP contribution in [-0.2, 0) is 22.3 Å². The van der Waals surface area contributed by atoms with Crippen molar-refractivity contribution in [3.05, 3.63) is 89.0 Å². The van der Waals surface area contributed by atoms with Crippen molar-refractivity contribution in [3.8, 4) is 0 Å². The number of rotatable bonds is 2. The fourth-order valence-corrected chi connectivity index (χ4v) is 5.98. The highest BCUT2D eigenvalue weighted by Gasteiger charge is 2.50. The molecule has 0 aliphatic carbocycles. The Labute approximate surface area is 233 Å². The van der Waals surface area contributed by atoms with E-state index < -0.39 is 71.5 Å². The van der Waals surface area contributed by atoms with Crippen molar-refractivity contribution < 1.29 is 19.7 Å². The predicted octanol–water partition coefficient (Wildman–Crippen LogP) is -3.02. The van der Waals surface area contributed by atoms with Gasteiger partial charge in [0.2, 0.25) is 0 Å². The van der Waals surface area contributed by atoms with E-state index in [0.29, 0.717) is 11.4 Å². The van der Waals surface area contributed by atoms with Gasteiger partial charge < -0.3 is 19.7 Å². The van der Waals surface area contributed by atoms with Crippen LogP contribution in [0.5, 0.6) is 0 Å². The van der Waals surface area contributed by atoms with Crippen molar-refractivity contribution in [3.63, 3.8) is 0 Å². The maximum atomic E-state index is 12.6. The molecule has 4 aromatic rings. The van der Waals surface area contributed by atoms with Crippen LogP contribution in [-0.4, -0.2) is 83.7 Å². The van der Waals surface area contributed by atoms with E-state index in [1.807, 2.05) is 0 Å². The van der Waals surface area contributed by atoms with Gasteiger partial charge in [-0.15, -0.1) is 10.2 Å². The predicted molar refractivity (Wildman–Crippen MR) is 137 cm³/mol. The van der Waals surface area contributed by atoms with Crippen molar-refractivity contribution in [2.24, 2.45) is 0 Å². The van der Waals surface area contributed by atoms with E-state index in [9.17, 15) is 29.4 Å². The van der Waals surface area contributed by atoms with Gasteiger partial charge in [-0.1, -0.05) is 10.4 Å². The number of fused-ring (bicyclic) bond motifs is 8. The van der Waals surface area contributed by atoms with Crippen LogP contribution < -0.4 is 22.5 Å². The molecule has 18 heteroatoms. The molecule has 18 nitrogen and oxygen atoms in total. The molecule has 4 bridgehead atoms. The highest BCUT2D eigenvalue weighted by atomic mass is 16.5. The molecule has 2 fully saturated rings. The molecule has 7 heterocycles. The average molecular weight is 583 g/mol. The third kappa shape index (κ3) is 4.10. The lowest BCUT2D eigenvalue weighted by molar-refractivity contribution is -0.0398. The molecular weight excluding hydrogens is 556 g/mol. The second-order valence-electron chi connectivity index (χ2n) is 10.8. The molecule has 4 aromatic heterocycles. The van der Waals surface area contributed by atoms with Gasteiger partial charge in [-0.3, -0.25) is 28.7 Å². The number of aryl methyl sites for hydroxylation is 2. The van der Waals surface area contributed by atoms with Gasteiger partial charge in [-0.25, -0.2) is 19.0 Å². The first-order valence-electron chi connectivity index (χ1n) is 13.2. The lowest BCUT2D eigenvalue weighted by Gasteiger charge is -2.21. The maximum absolute atomic E-state index is 12.6. The first-order valence-corrected chi connectivity index (χ1v) is 13.2. The Kier molecular flexibility index (Phi) is 5.98. The van der Waals surface area contributed by atoms with Gasteiger partial charge in [0.15, 0.2) is 12.5 Å². The van der Waals surface area contributed by atoms with Crippen molar-refractivity contribution in [2.45, 2.75) is 75.6 Å². The maximum Gasteiger partial charge on any atom is 0.330 e. The molecule has 220 valence electrons. The van der Waals surface area contributed by atoms with Gasteiger partial charge >= 0.3 is 11.4 Å². The van der Waals surface area contributed by atoms with Crippen LogP contribution in [0.25, 0.3) is 0 Å². The molecule has 0 unspecified atom stereocenters. The Morgan fingerprint density at radius 1 is 0.714 bits per heavy atom. The summed E-state index contributed by atoms with van der Waals surface area (Å²) in [6.07, 6.45) is -0.100. The Balaban J connectivity index is 1.27. The summed E-state index contributed by atoms with van der Waals surface area (Å²) in [5.41, 5.74) is -1.10. The van der Waals surface area contributed by atoms with E-state index in [2.05, 4.69) is 30.6 Å². The molecule has 3 aliphatic rings. The lowest BCUT2D eigenvalue weighted by Crippen LogP contribution is -2.37. The van der Waals surface area contributed by atoms with E-state index in [1.54, 1.807) is 12.4 Å². The van der Waals surface area contributed by atoms with Crippen LogP contribution in [0.4, 0.5) is 0 Å². The summed E-state index contributed by atoms with van der Waals surface area (Å²) in [6.45, 7) is 3.07. The van der Waals surface area contributed by atoms with Crippen LogP contribution in [0, 0.1) is 13.8 Å². The number of H-pyrrole nitrogens is 2. The minimum atomic E-state index is -1.26. The summed E-state index contributed by atoms with van der Waals surface area (Å²) >= 11 is 0. The third-order valence-electron chi connectivity index (χ3n) is 8.06. The number of aliphatic hydroxyl groups excluding tert-OH is 2. The highest BCUT2D eigenvalue weighted by molar-refractivity contribution is 5.11. The molecule has 0 spiro atoms. The number of nitrogens with one attached hydrogen (secondary N) is 2. The number of aliphatic hydroxyl groups is 2. The second-order valence-corrected chi connectivity index (χ2v) is 10.8. The molecule has 0 radical (unpaired) electrons. The molecule has 8 atom stereocenters. The van der Waals surface area contributed by atoms with Crippen LogP contribution in [0.15, 0.2) is 44.0 Å². The van der Waals surface area contributed by atoms with Gasteiger partial charge in [0.05, 0.1) is 23.6 Å². The van der Waals surface area contributed by atoms with Crippen LogP contribution >= 0.6 is 0 Å². The molecule has 0 amide bonds. The van der Waals surface area contributed by atoms with Gasteiger partial charge in [0.25, 0.3) is 11.1 Å². The summed E-state index contributed by atoms with van der Waals surface area (Å²) < 4.78 is 17.5. The minimum Gasteiger partial charge on any atom is -0.386 e.